The third-order valence-corrected chi connectivity index (χ3v) is 11.2. The molecular weight excluding hydrogens is 602 g/mol. The number of carbonyl (C=O) groups excluding carboxylic acids is 2. The van der Waals surface area contributed by atoms with Crippen LogP contribution < -0.4 is 16.4 Å². The average molecular weight is 662 g/mol. The van der Waals surface area contributed by atoms with Gasteiger partial charge in [0, 0.05) is 88.8 Å². The lowest BCUT2D eigenvalue weighted by Gasteiger charge is -2.41. The van der Waals surface area contributed by atoms with Gasteiger partial charge in [-0.15, -0.1) is 0 Å². The van der Waals surface area contributed by atoms with Gasteiger partial charge in [-0.3, -0.25) is 14.7 Å². The standard InChI is InChI=1S/C37H59N9O2/c1-39-37(48)34(15-6-26-47)30-9-4-13-33(14-5-10-30)45-24-22-44(23-25-45)19-16-29-7-2-11-31(12-3-8-29)42-28-32(27-38)43-35-36-41-18-21-46(36)20-17-40-35/h17-18,20-21,26-31,33-34H,2-16,19,22-25,38H2,1H3,(H,39,48)(H,40,43)/b32-27+,42-28?. The number of piperazine rings is 1. The molecule has 2 aromatic heterocycles. The van der Waals surface area contributed by atoms with Crippen LogP contribution in [0.25, 0.3) is 5.65 Å². The Hall–Kier alpha value is -3.31. The molecule has 11 heteroatoms. The molecule has 1 amide bonds. The SMILES string of the molecule is CNC(=O)C(CCC=O)C1CCCC(N2CCN(CCC3CCCC(N=C/C(=C\N)Nc4nccn5ccnc45)CCC3)CC2)CCC1. The van der Waals surface area contributed by atoms with E-state index in [1.165, 1.54) is 90.5 Å². The summed E-state index contributed by atoms with van der Waals surface area (Å²) < 4.78 is 1.92. The molecule has 264 valence electrons. The fourth-order valence-electron chi connectivity index (χ4n) is 8.41. The first-order chi connectivity index (χ1) is 23.6. The van der Waals surface area contributed by atoms with E-state index in [-0.39, 0.29) is 11.8 Å². The Labute approximate surface area is 287 Å². The van der Waals surface area contributed by atoms with Crippen molar-refractivity contribution in [2.45, 2.75) is 108 Å². The molecule has 1 unspecified atom stereocenters. The maximum Gasteiger partial charge on any atom is 0.223 e. The first-order valence-electron chi connectivity index (χ1n) is 18.7. The van der Waals surface area contributed by atoms with Crippen LogP contribution in [0.2, 0.25) is 0 Å². The topological polar surface area (TPSA) is 133 Å². The van der Waals surface area contributed by atoms with Crippen molar-refractivity contribution in [2.24, 2.45) is 28.5 Å². The number of aldehydes is 1. The van der Waals surface area contributed by atoms with Crippen molar-refractivity contribution in [2.75, 3.05) is 45.1 Å². The molecule has 5 rings (SSSR count). The number of aliphatic imine (C=N–C) groups is 1. The van der Waals surface area contributed by atoms with Crippen molar-refractivity contribution in [1.29, 1.82) is 0 Å². The largest absolute Gasteiger partial charge is 0.403 e. The quantitative estimate of drug-likeness (QED) is 0.201. The highest BCUT2D eigenvalue weighted by Gasteiger charge is 2.31. The van der Waals surface area contributed by atoms with Crippen molar-refractivity contribution in [3.8, 4) is 0 Å². The molecule has 2 aliphatic carbocycles. The van der Waals surface area contributed by atoms with Gasteiger partial charge in [0.15, 0.2) is 11.5 Å². The van der Waals surface area contributed by atoms with E-state index in [2.05, 4.69) is 30.4 Å². The molecule has 2 saturated carbocycles. The van der Waals surface area contributed by atoms with Crippen molar-refractivity contribution in [1.82, 2.24) is 29.5 Å². The van der Waals surface area contributed by atoms with Crippen LogP contribution in [0.5, 0.6) is 0 Å². The fourth-order valence-corrected chi connectivity index (χ4v) is 8.41. The number of nitrogens with one attached hydrogen (secondary N) is 2. The number of imidazole rings is 1. The fraction of sp³-hybridized carbons (Fsp3) is 0.703. The predicted octanol–water partition coefficient (Wildman–Crippen LogP) is 5.04. The number of amides is 1. The molecule has 1 atom stereocenters. The second kappa shape index (κ2) is 19.0. The Bertz CT molecular complexity index is 1320. The highest BCUT2D eigenvalue weighted by Crippen LogP contribution is 2.33. The van der Waals surface area contributed by atoms with Crippen LogP contribution in [-0.2, 0) is 9.59 Å². The number of hydrogen-bond donors (Lipinski definition) is 3. The molecule has 11 nitrogen and oxygen atoms in total. The Kier molecular flexibility index (Phi) is 14.3. The molecule has 1 saturated heterocycles. The highest BCUT2D eigenvalue weighted by molar-refractivity contribution is 5.84. The van der Waals surface area contributed by atoms with E-state index >= 15 is 0 Å². The number of hydrogen-bond acceptors (Lipinski definition) is 9. The van der Waals surface area contributed by atoms with Crippen LogP contribution in [0, 0.1) is 17.8 Å². The van der Waals surface area contributed by atoms with Gasteiger partial charge in [-0.2, -0.15) is 0 Å². The summed E-state index contributed by atoms with van der Waals surface area (Å²) in [7, 11) is 1.72. The highest BCUT2D eigenvalue weighted by atomic mass is 16.1. The third-order valence-electron chi connectivity index (χ3n) is 11.2. The lowest BCUT2D eigenvalue weighted by atomic mass is 9.78. The summed E-state index contributed by atoms with van der Waals surface area (Å²) in [6.07, 6.45) is 28.5. The minimum atomic E-state index is -0.0176. The average Bonchev–Trinajstić information content (AvgIpc) is 3.58. The summed E-state index contributed by atoms with van der Waals surface area (Å²) >= 11 is 0. The van der Waals surface area contributed by atoms with Crippen molar-refractivity contribution < 1.29 is 9.59 Å². The van der Waals surface area contributed by atoms with E-state index in [4.69, 9.17) is 10.7 Å². The van der Waals surface area contributed by atoms with Gasteiger partial charge < -0.3 is 30.5 Å². The molecule has 2 aromatic rings. The van der Waals surface area contributed by atoms with Crippen LogP contribution >= 0.6 is 0 Å². The summed E-state index contributed by atoms with van der Waals surface area (Å²) in [6, 6.07) is 1.02. The minimum absolute atomic E-state index is 0.0176. The van der Waals surface area contributed by atoms with Gasteiger partial charge in [0.2, 0.25) is 5.91 Å². The van der Waals surface area contributed by atoms with Crippen LogP contribution in [0.3, 0.4) is 0 Å². The monoisotopic (exact) mass is 661 g/mol. The molecular formula is C37H59N9O2. The van der Waals surface area contributed by atoms with Crippen LogP contribution in [0.15, 0.2) is 41.7 Å². The van der Waals surface area contributed by atoms with Gasteiger partial charge in [-0.25, -0.2) is 9.97 Å². The number of aromatic nitrogens is 3. The maximum absolute atomic E-state index is 12.5. The number of fused-ring (bicyclic) bond motifs is 1. The van der Waals surface area contributed by atoms with Gasteiger partial charge in [0.25, 0.3) is 0 Å². The molecule has 4 N–H and O–H groups in total. The minimum Gasteiger partial charge on any atom is -0.403 e. The van der Waals surface area contributed by atoms with Gasteiger partial charge >= 0.3 is 0 Å². The van der Waals surface area contributed by atoms with E-state index in [1.54, 1.807) is 25.6 Å². The van der Waals surface area contributed by atoms with Gasteiger partial charge in [-0.05, 0) is 69.7 Å². The smallest absolute Gasteiger partial charge is 0.223 e. The van der Waals surface area contributed by atoms with Gasteiger partial charge in [0.05, 0.1) is 11.7 Å². The number of allylic oxidation sites excluding steroid dienone is 1. The summed E-state index contributed by atoms with van der Waals surface area (Å²) in [5.74, 6) is 1.99. The van der Waals surface area contributed by atoms with E-state index in [0.717, 1.165) is 49.2 Å². The van der Waals surface area contributed by atoms with E-state index in [1.807, 2.05) is 23.0 Å². The normalized spacial score (nSPS) is 26.3. The molecule has 0 spiro atoms. The lowest BCUT2D eigenvalue weighted by molar-refractivity contribution is -0.127. The number of carbonyl (C=O) groups is 2. The van der Waals surface area contributed by atoms with Crippen molar-refractivity contribution >= 4 is 29.9 Å². The second-order valence-electron chi connectivity index (χ2n) is 14.2. The summed E-state index contributed by atoms with van der Waals surface area (Å²) in [4.78, 5) is 42.7. The predicted molar refractivity (Wildman–Crippen MR) is 193 cm³/mol. The maximum atomic E-state index is 12.5. The molecule has 3 aliphatic rings. The second-order valence-corrected chi connectivity index (χ2v) is 14.2. The zero-order valence-corrected chi connectivity index (χ0v) is 29.1. The summed E-state index contributed by atoms with van der Waals surface area (Å²) in [6.45, 7) is 5.95. The number of nitrogens with two attached hydrogens (primary N) is 1. The molecule has 0 bridgehead atoms. The Morgan fingerprint density at radius 1 is 0.979 bits per heavy atom. The number of rotatable bonds is 13. The van der Waals surface area contributed by atoms with Gasteiger partial charge in [-0.1, -0.05) is 38.5 Å². The number of nitrogens with zero attached hydrogens (tertiary/aromatic N) is 6. The van der Waals surface area contributed by atoms with Crippen molar-refractivity contribution in [3.05, 3.63) is 36.7 Å². The Morgan fingerprint density at radius 3 is 2.33 bits per heavy atom. The lowest BCUT2D eigenvalue weighted by Crippen LogP contribution is -2.50. The molecule has 3 heterocycles. The molecule has 0 aromatic carbocycles. The van der Waals surface area contributed by atoms with E-state index < -0.39 is 0 Å². The Balaban J connectivity index is 0.978. The van der Waals surface area contributed by atoms with Crippen LogP contribution in [0.4, 0.5) is 5.82 Å². The van der Waals surface area contributed by atoms with Gasteiger partial charge in [0.1, 0.15) is 6.29 Å². The molecule has 48 heavy (non-hydrogen) atoms. The first kappa shape index (κ1) is 36.0. The summed E-state index contributed by atoms with van der Waals surface area (Å²) in [5.41, 5.74) is 7.42. The first-order valence-corrected chi connectivity index (χ1v) is 18.7. The molecule has 0 radical (unpaired) electrons. The van der Waals surface area contributed by atoms with Crippen LogP contribution in [-0.4, -0.2) is 94.4 Å². The zero-order chi connectivity index (χ0) is 33.6. The summed E-state index contributed by atoms with van der Waals surface area (Å²) in [5, 5.41) is 6.13. The van der Waals surface area contributed by atoms with Crippen LogP contribution in [0.1, 0.15) is 96.3 Å². The van der Waals surface area contributed by atoms with E-state index in [9.17, 15) is 9.59 Å². The van der Waals surface area contributed by atoms with Crippen molar-refractivity contribution in [3.63, 3.8) is 0 Å². The Morgan fingerprint density at radius 2 is 1.67 bits per heavy atom. The zero-order valence-electron chi connectivity index (χ0n) is 29.1. The number of anilines is 1. The molecule has 3 fully saturated rings. The molecule has 1 aliphatic heterocycles. The van der Waals surface area contributed by atoms with E-state index in [0.29, 0.717) is 36.7 Å². The third kappa shape index (κ3) is 10.3.